The van der Waals surface area contributed by atoms with Crippen LogP contribution < -0.4 is 0 Å². The van der Waals surface area contributed by atoms with E-state index in [1.807, 2.05) is 72.8 Å². The van der Waals surface area contributed by atoms with Crippen molar-refractivity contribution in [3.05, 3.63) is 83.9 Å². The predicted octanol–water partition coefficient (Wildman–Crippen LogP) is 4.06. The Morgan fingerprint density at radius 2 is 1.35 bits per heavy atom. The summed E-state index contributed by atoms with van der Waals surface area (Å²) in [6.45, 7) is 0.303. The standard InChI is InChI=1S/C22H22O4/c23-21(25-15-17-9-3-1-4-10-17)20(19-13-7-8-14-19)22(24)26-16-18-11-5-2-6-12-18/h1-7,9-13,19-20H,8,14-16H2/t19-/m0/s1. The molecule has 0 aromatic heterocycles. The number of carbonyl (C=O) groups is 2. The summed E-state index contributed by atoms with van der Waals surface area (Å²) in [7, 11) is 0. The zero-order valence-corrected chi connectivity index (χ0v) is 14.5. The monoisotopic (exact) mass is 350 g/mol. The van der Waals surface area contributed by atoms with E-state index >= 15 is 0 Å². The summed E-state index contributed by atoms with van der Waals surface area (Å²) in [5.74, 6) is -2.13. The largest absolute Gasteiger partial charge is 0.460 e. The van der Waals surface area contributed by atoms with Crippen LogP contribution in [0, 0.1) is 11.8 Å². The van der Waals surface area contributed by atoms with Crippen molar-refractivity contribution >= 4 is 11.9 Å². The van der Waals surface area contributed by atoms with Gasteiger partial charge in [-0.25, -0.2) is 0 Å². The summed E-state index contributed by atoms with van der Waals surface area (Å²) in [4.78, 5) is 25.2. The SMILES string of the molecule is O=C(OCc1ccccc1)C(C(=O)OCc1ccccc1)[C@H]1C=CCC1. The van der Waals surface area contributed by atoms with E-state index < -0.39 is 17.9 Å². The molecule has 134 valence electrons. The number of allylic oxidation sites excluding steroid dienone is 2. The summed E-state index contributed by atoms with van der Waals surface area (Å²) in [6, 6.07) is 18.9. The van der Waals surface area contributed by atoms with Gasteiger partial charge in [-0.1, -0.05) is 72.8 Å². The number of carbonyl (C=O) groups excluding carboxylic acids is 2. The van der Waals surface area contributed by atoms with Crippen LogP contribution in [0.2, 0.25) is 0 Å². The minimum atomic E-state index is -0.916. The van der Waals surface area contributed by atoms with Crippen molar-refractivity contribution in [2.45, 2.75) is 26.1 Å². The normalized spacial score (nSPS) is 15.8. The molecule has 1 atom stereocenters. The predicted molar refractivity (Wildman–Crippen MR) is 97.8 cm³/mol. The third kappa shape index (κ3) is 4.82. The molecular formula is C22H22O4. The molecule has 0 bridgehead atoms. The van der Waals surface area contributed by atoms with E-state index in [4.69, 9.17) is 9.47 Å². The first kappa shape index (κ1) is 17.9. The van der Waals surface area contributed by atoms with Crippen molar-refractivity contribution in [2.75, 3.05) is 0 Å². The maximum absolute atomic E-state index is 12.6. The lowest BCUT2D eigenvalue weighted by Crippen LogP contribution is -2.33. The van der Waals surface area contributed by atoms with Crippen molar-refractivity contribution in [1.82, 2.24) is 0 Å². The molecule has 2 aromatic rings. The Morgan fingerprint density at radius 1 is 0.846 bits per heavy atom. The quantitative estimate of drug-likeness (QED) is 0.429. The summed E-state index contributed by atoms with van der Waals surface area (Å²) >= 11 is 0. The van der Waals surface area contributed by atoms with Crippen LogP contribution >= 0.6 is 0 Å². The number of ether oxygens (including phenoxy) is 2. The average Bonchev–Trinajstić information content (AvgIpc) is 3.21. The van der Waals surface area contributed by atoms with Gasteiger partial charge in [-0.15, -0.1) is 0 Å². The molecule has 0 N–H and O–H groups in total. The number of benzene rings is 2. The summed E-state index contributed by atoms with van der Waals surface area (Å²) in [5, 5.41) is 0. The van der Waals surface area contributed by atoms with Crippen molar-refractivity contribution in [1.29, 1.82) is 0 Å². The van der Waals surface area contributed by atoms with E-state index in [1.165, 1.54) is 0 Å². The summed E-state index contributed by atoms with van der Waals surface area (Å²) in [6.07, 6.45) is 5.52. The molecule has 0 spiro atoms. The highest BCUT2D eigenvalue weighted by atomic mass is 16.6. The second-order valence-electron chi connectivity index (χ2n) is 6.33. The van der Waals surface area contributed by atoms with Gasteiger partial charge in [0.25, 0.3) is 0 Å². The molecule has 0 radical (unpaired) electrons. The topological polar surface area (TPSA) is 52.6 Å². The minimum absolute atomic E-state index is 0.151. The van der Waals surface area contributed by atoms with Gasteiger partial charge in [0.05, 0.1) is 0 Å². The van der Waals surface area contributed by atoms with E-state index in [1.54, 1.807) is 0 Å². The van der Waals surface area contributed by atoms with Gasteiger partial charge >= 0.3 is 11.9 Å². The molecule has 0 heterocycles. The van der Waals surface area contributed by atoms with Crippen LogP contribution in [0.4, 0.5) is 0 Å². The Hall–Kier alpha value is -2.88. The second-order valence-corrected chi connectivity index (χ2v) is 6.33. The molecule has 26 heavy (non-hydrogen) atoms. The van der Waals surface area contributed by atoms with Gasteiger partial charge in [-0.3, -0.25) is 9.59 Å². The van der Waals surface area contributed by atoms with Crippen LogP contribution in [-0.2, 0) is 32.3 Å². The fourth-order valence-electron chi connectivity index (χ4n) is 3.02. The number of rotatable bonds is 7. The van der Waals surface area contributed by atoms with Crippen molar-refractivity contribution < 1.29 is 19.1 Å². The molecule has 1 aliphatic carbocycles. The molecule has 1 aliphatic rings. The van der Waals surface area contributed by atoms with Gasteiger partial charge in [0.2, 0.25) is 0 Å². The Bertz CT molecular complexity index is 697. The Kier molecular flexibility index (Phi) is 6.20. The van der Waals surface area contributed by atoms with E-state index in [9.17, 15) is 9.59 Å². The molecule has 4 nitrogen and oxygen atoms in total. The molecule has 2 aromatic carbocycles. The average molecular weight is 350 g/mol. The maximum atomic E-state index is 12.6. The smallest absolute Gasteiger partial charge is 0.321 e. The number of hydrogen-bond donors (Lipinski definition) is 0. The molecular weight excluding hydrogens is 328 g/mol. The van der Waals surface area contributed by atoms with Gasteiger partial charge in [0.15, 0.2) is 5.92 Å². The van der Waals surface area contributed by atoms with E-state index in [0.29, 0.717) is 0 Å². The molecule has 0 unspecified atom stereocenters. The highest BCUT2D eigenvalue weighted by Gasteiger charge is 2.37. The lowest BCUT2D eigenvalue weighted by molar-refractivity contribution is -0.165. The number of hydrogen-bond acceptors (Lipinski definition) is 4. The summed E-state index contributed by atoms with van der Waals surface area (Å²) in [5.41, 5.74) is 1.78. The van der Waals surface area contributed by atoms with Crippen LogP contribution in [-0.4, -0.2) is 11.9 Å². The van der Waals surface area contributed by atoms with Gasteiger partial charge in [0, 0.05) is 5.92 Å². The van der Waals surface area contributed by atoms with Crippen LogP contribution in [0.5, 0.6) is 0 Å². The minimum Gasteiger partial charge on any atom is -0.460 e. The van der Waals surface area contributed by atoms with Crippen molar-refractivity contribution in [3.63, 3.8) is 0 Å². The first-order valence-electron chi connectivity index (χ1n) is 8.82. The van der Waals surface area contributed by atoms with Crippen LogP contribution in [0.3, 0.4) is 0 Å². The highest BCUT2D eigenvalue weighted by molar-refractivity contribution is 5.95. The van der Waals surface area contributed by atoms with Gasteiger partial charge in [0.1, 0.15) is 13.2 Å². The lowest BCUT2D eigenvalue weighted by atomic mass is 9.92. The van der Waals surface area contributed by atoms with E-state index in [2.05, 4.69) is 0 Å². The van der Waals surface area contributed by atoms with Crippen LogP contribution in [0.1, 0.15) is 24.0 Å². The second kappa shape index (κ2) is 8.99. The van der Waals surface area contributed by atoms with E-state index in [0.717, 1.165) is 24.0 Å². The molecule has 0 amide bonds. The van der Waals surface area contributed by atoms with Gasteiger partial charge in [-0.05, 0) is 24.0 Å². The van der Waals surface area contributed by atoms with Crippen LogP contribution in [0.25, 0.3) is 0 Å². The van der Waals surface area contributed by atoms with Crippen molar-refractivity contribution in [2.24, 2.45) is 11.8 Å². The summed E-state index contributed by atoms with van der Waals surface area (Å²) < 4.78 is 10.8. The van der Waals surface area contributed by atoms with Gasteiger partial charge < -0.3 is 9.47 Å². The molecule has 3 rings (SSSR count). The first-order valence-corrected chi connectivity index (χ1v) is 8.82. The molecule has 0 fully saturated rings. The first-order chi connectivity index (χ1) is 12.7. The lowest BCUT2D eigenvalue weighted by Gasteiger charge is -2.19. The Balaban J connectivity index is 1.63. The Morgan fingerprint density at radius 3 is 1.77 bits per heavy atom. The third-order valence-electron chi connectivity index (χ3n) is 4.43. The molecule has 0 saturated heterocycles. The molecule has 4 heteroatoms. The fourth-order valence-corrected chi connectivity index (χ4v) is 3.02. The zero-order valence-electron chi connectivity index (χ0n) is 14.5. The molecule has 0 aliphatic heterocycles. The maximum Gasteiger partial charge on any atom is 0.321 e. The van der Waals surface area contributed by atoms with E-state index in [-0.39, 0.29) is 19.1 Å². The van der Waals surface area contributed by atoms with Crippen molar-refractivity contribution in [3.8, 4) is 0 Å². The third-order valence-corrected chi connectivity index (χ3v) is 4.43. The van der Waals surface area contributed by atoms with Gasteiger partial charge in [-0.2, -0.15) is 0 Å². The highest BCUT2D eigenvalue weighted by Crippen LogP contribution is 2.28. The zero-order chi connectivity index (χ0) is 18.2. The fraction of sp³-hybridized carbons (Fsp3) is 0.273. The molecule has 0 saturated carbocycles. The number of esters is 2. The van der Waals surface area contributed by atoms with Crippen LogP contribution in [0.15, 0.2) is 72.8 Å². The Labute approximate surface area is 153 Å².